The van der Waals surface area contributed by atoms with E-state index in [0.717, 1.165) is 16.9 Å². The first kappa shape index (κ1) is 15.9. The van der Waals surface area contributed by atoms with Gasteiger partial charge in [0.1, 0.15) is 5.82 Å². The molecule has 1 atom stereocenters. The van der Waals surface area contributed by atoms with Crippen molar-refractivity contribution < 1.29 is 4.39 Å². The summed E-state index contributed by atoms with van der Waals surface area (Å²) in [5.41, 5.74) is 2.66. The van der Waals surface area contributed by atoms with Crippen molar-refractivity contribution in [2.45, 2.75) is 13.0 Å². The first-order valence-electron chi connectivity index (χ1n) is 6.57. The van der Waals surface area contributed by atoms with Gasteiger partial charge in [-0.2, -0.15) is 0 Å². The van der Waals surface area contributed by atoms with Crippen molar-refractivity contribution >= 4 is 34.6 Å². The van der Waals surface area contributed by atoms with Gasteiger partial charge < -0.3 is 10.2 Å². The second kappa shape index (κ2) is 6.54. The molecule has 0 spiro atoms. The molecule has 0 fully saturated rings. The van der Waals surface area contributed by atoms with Crippen LogP contribution in [0.2, 0.25) is 10.0 Å². The fourth-order valence-corrected chi connectivity index (χ4v) is 2.54. The van der Waals surface area contributed by atoms with Crippen molar-refractivity contribution in [3.8, 4) is 0 Å². The van der Waals surface area contributed by atoms with Crippen LogP contribution >= 0.6 is 23.2 Å². The minimum absolute atomic E-state index is 0.0574. The molecule has 1 unspecified atom stereocenters. The van der Waals surface area contributed by atoms with E-state index in [0.29, 0.717) is 5.02 Å². The Kier molecular flexibility index (Phi) is 4.96. The Morgan fingerprint density at radius 2 is 1.76 bits per heavy atom. The van der Waals surface area contributed by atoms with Crippen LogP contribution in [-0.2, 0) is 0 Å². The molecule has 0 aliphatic rings. The molecule has 0 aliphatic heterocycles. The summed E-state index contributed by atoms with van der Waals surface area (Å²) in [5.74, 6) is -0.413. The second-order valence-corrected chi connectivity index (χ2v) is 5.91. The van der Waals surface area contributed by atoms with E-state index in [4.69, 9.17) is 23.2 Å². The van der Waals surface area contributed by atoms with Crippen LogP contribution in [0.25, 0.3) is 0 Å². The highest BCUT2D eigenvalue weighted by molar-refractivity contribution is 6.33. The van der Waals surface area contributed by atoms with Gasteiger partial charge in [0.25, 0.3) is 0 Å². The zero-order valence-corrected chi connectivity index (χ0v) is 13.6. The number of hydrogen-bond donors (Lipinski definition) is 1. The molecule has 0 saturated carbocycles. The summed E-state index contributed by atoms with van der Waals surface area (Å²) >= 11 is 11.9. The molecule has 0 radical (unpaired) electrons. The van der Waals surface area contributed by atoms with E-state index in [1.54, 1.807) is 12.1 Å². The third-order valence-electron chi connectivity index (χ3n) is 3.26. The summed E-state index contributed by atoms with van der Waals surface area (Å²) in [6, 6.07) is 10.5. The Balaban J connectivity index is 2.17. The number of benzene rings is 2. The van der Waals surface area contributed by atoms with Crippen LogP contribution in [0, 0.1) is 5.82 Å². The van der Waals surface area contributed by atoms with Gasteiger partial charge in [-0.15, -0.1) is 0 Å². The van der Waals surface area contributed by atoms with Gasteiger partial charge in [-0.25, -0.2) is 4.39 Å². The number of halogens is 3. The zero-order chi connectivity index (χ0) is 15.6. The monoisotopic (exact) mass is 326 g/mol. The fourth-order valence-electron chi connectivity index (χ4n) is 2.07. The Bertz CT molecular complexity index is 644. The zero-order valence-electron chi connectivity index (χ0n) is 12.1. The minimum Gasteiger partial charge on any atom is -0.378 e. The summed E-state index contributed by atoms with van der Waals surface area (Å²) in [5, 5.41) is 4.09. The predicted octanol–water partition coefficient (Wildman–Crippen LogP) is 5.37. The number of hydrogen-bond acceptors (Lipinski definition) is 2. The lowest BCUT2D eigenvalue weighted by Crippen LogP contribution is -2.10. The van der Waals surface area contributed by atoms with Gasteiger partial charge >= 0.3 is 0 Å². The van der Waals surface area contributed by atoms with Crippen molar-refractivity contribution in [3.05, 3.63) is 57.8 Å². The van der Waals surface area contributed by atoms with E-state index in [1.165, 1.54) is 6.07 Å². The van der Waals surface area contributed by atoms with Gasteiger partial charge in [0.15, 0.2) is 0 Å². The van der Waals surface area contributed by atoms with Crippen LogP contribution in [0.4, 0.5) is 15.8 Å². The van der Waals surface area contributed by atoms with E-state index in [9.17, 15) is 4.39 Å². The van der Waals surface area contributed by atoms with E-state index in [2.05, 4.69) is 5.32 Å². The Morgan fingerprint density at radius 1 is 1.05 bits per heavy atom. The average Bonchev–Trinajstić information content (AvgIpc) is 2.41. The molecule has 0 bridgehead atoms. The first-order chi connectivity index (χ1) is 9.88. The van der Waals surface area contributed by atoms with Crippen molar-refractivity contribution in [2.24, 2.45) is 0 Å². The van der Waals surface area contributed by atoms with Gasteiger partial charge in [-0.05, 0) is 42.8 Å². The predicted molar refractivity (Wildman–Crippen MR) is 89.2 cm³/mol. The van der Waals surface area contributed by atoms with Gasteiger partial charge in [0.2, 0.25) is 0 Å². The molecule has 2 aromatic carbocycles. The number of nitrogens with one attached hydrogen (secondary N) is 1. The van der Waals surface area contributed by atoms with Crippen LogP contribution in [0.1, 0.15) is 18.5 Å². The molecule has 0 aliphatic carbocycles. The molecule has 21 heavy (non-hydrogen) atoms. The molecule has 0 saturated heterocycles. The lowest BCUT2D eigenvalue weighted by atomic mass is 10.1. The highest BCUT2D eigenvalue weighted by atomic mass is 35.5. The van der Waals surface area contributed by atoms with Gasteiger partial charge in [0.05, 0.1) is 15.7 Å². The highest BCUT2D eigenvalue weighted by Gasteiger charge is 2.10. The molecular formula is C16H17Cl2FN2. The van der Waals surface area contributed by atoms with E-state index in [-0.39, 0.29) is 11.1 Å². The molecule has 0 aromatic heterocycles. The number of rotatable bonds is 4. The lowest BCUT2D eigenvalue weighted by Gasteiger charge is -2.19. The van der Waals surface area contributed by atoms with Crippen molar-refractivity contribution in [2.75, 3.05) is 24.3 Å². The lowest BCUT2D eigenvalue weighted by molar-refractivity contribution is 0.624. The average molecular weight is 327 g/mol. The van der Waals surface area contributed by atoms with Crippen LogP contribution < -0.4 is 10.2 Å². The van der Waals surface area contributed by atoms with E-state index >= 15 is 0 Å². The summed E-state index contributed by atoms with van der Waals surface area (Å²) < 4.78 is 13.5. The smallest absolute Gasteiger partial charge is 0.142 e. The molecule has 1 N–H and O–H groups in total. The number of anilines is 2. The summed E-state index contributed by atoms with van der Waals surface area (Å²) in [7, 11) is 3.88. The number of nitrogens with zero attached hydrogens (tertiary/aromatic N) is 1. The topological polar surface area (TPSA) is 15.3 Å². The Labute approximate surface area is 134 Å². The summed E-state index contributed by atoms with van der Waals surface area (Å²) in [6.07, 6.45) is 0. The van der Waals surface area contributed by atoms with Gasteiger partial charge in [0, 0.05) is 25.8 Å². The standard InChI is InChI=1S/C16H17Cl2FN2/c1-10(11-4-6-13(17)15(19)8-11)20-12-5-7-16(21(2)3)14(18)9-12/h4-10,20H,1-3H3. The Morgan fingerprint density at radius 3 is 2.33 bits per heavy atom. The van der Waals surface area contributed by atoms with E-state index in [1.807, 2.05) is 44.1 Å². The molecule has 2 nitrogen and oxygen atoms in total. The maximum atomic E-state index is 13.5. The van der Waals surface area contributed by atoms with Gasteiger partial charge in [-0.1, -0.05) is 29.3 Å². The molecule has 2 rings (SSSR count). The minimum atomic E-state index is -0.413. The third-order valence-corrected chi connectivity index (χ3v) is 3.87. The molecule has 0 amide bonds. The maximum Gasteiger partial charge on any atom is 0.142 e. The Hall–Kier alpha value is -1.45. The third kappa shape index (κ3) is 3.80. The van der Waals surface area contributed by atoms with Gasteiger partial charge in [-0.3, -0.25) is 0 Å². The molecule has 112 valence electrons. The van der Waals surface area contributed by atoms with Crippen molar-refractivity contribution in [1.82, 2.24) is 0 Å². The molecule has 2 aromatic rings. The van der Waals surface area contributed by atoms with Crippen LogP contribution in [0.5, 0.6) is 0 Å². The van der Waals surface area contributed by atoms with Crippen LogP contribution in [0.15, 0.2) is 36.4 Å². The van der Waals surface area contributed by atoms with Crippen molar-refractivity contribution in [1.29, 1.82) is 0 Å². The SMILES string of the molecule is CC(Nc1ccc(N(C)C)c(Cl)c1)c1ccc(Cl)c(F)c1. The second-order valence-electron chi connectivity index (χ2n) is 5.10. The quantitative estimate of drug-likeness (QED) is 0.812. The first-order valence-corrected chi connectivity index (χ1v) is 7.32. The fraction of sp³-hybridized carbons (Fsp3) is 0.250. The highest BCUT2D eigenvalue weighted by Crippen LogP contribution is 2.29. The molecular weight excluding hydrogens is 310 g/mol. The molecule has 0 heterocycles. The normalized spacial score (nSPS) is 12.1. The van der Waals surface area contributed by atoms with Crippen LogP contribution in [-0.4, -0.2) is 14.1 Å². The van der Waals surface area contributed by atoms with E-state index < -0.39 is 5.82 Å². The van der Waals surface area contributed by atoms with Crippen molar-refractivity contribution in [3.63, 3.8) is 0 Å². The molecule has 5 heteroatoms. The van der Waals surface area contributed by atoms with Crippen LogP contribution in [0.3, 0.4) is 0 Å². The summed E-state index contributed by atoms with van der Waals surface area (Å²) in [4.78, 5) is 1.95. The maximum absolute atomic E-state index is 13.5. The largest absolute Gasteiger partial charge is 0.378 e. The summed E-state index contributed by atoms with van der Waals surface area (Å²) in [6.45, 7) is 1.95.